The number of aromatic nitrogens is 2. The summed E-state index contributed by atoms with van der Waals surface area (Å²) in [6.07, 6.45) is 4.84. The molecule has 0 saturated heterocycles. The third kappa shape index (κ3) is 2.31. The minimum Gasteiger partial charge on any atom is -0.447 e. The number of nitrogens with zero attached hydrogens (tertiary/aromatic N) is 2. The predicted octanol–water partition coefficient (Wildman–Crippen LogP) is 1.47. The maximum absolute atomic E-state index is 11.3. The molecule has 5 heteroatoms. The molecule has 2 aromatic heterocycles. The van der Waals surface area contributed by atoms with E-state index in [1.54, 1.807) is 29.1 Å². The van der Waals surface area contributed by atoms with E-state index in [2.05, 4.69) is 10.3 Å². The number of aryl methyl sites for hydroxylation is 1. The predicted molar refractivity (Wildman–Crippen MR) is 60.2 cm³/mol. The maximum Gasteiger partial charge on any atom is 0.250 e. The average Bonchev–Trinajstić information content (AvgIpc) is 2.81. The van der Waals surface area contributed by atoms with E-state index in [1.165, 1.54) is 6.39 Å². The summed E-state index contributed by atoms with van der Waals surface area (Å²) in [5, 5.41) is 3.16. The van der Waals surface area contributed by atoms with Gasteiger partial charge in [0, 0.05) is 18.8 Å². The number of nitrogens with one attached hydrogen (secondary N) is 1. The molecule has 1 N–H and O–H groups in total. The number of anilines is 1. The molecule has 0 aliphatic rings. The Bertz CT molecular complexity index is 502. The molecular weight excluding hydrogens is 206 g/mol. The van der Waals surface area contributed by atoms with Crippen molar-refractivity contribution < 1.29 is 4.42 Å². The lowest BCUT2D eigenvalue weighted by Gasteiger charge is -2.07. The average molecular weight is 219 g/mol. The summed E-state index contributed by atoms with van der Waals surface area (Å²) in [6, 6.07) is 3.30. The highest BCUT2D eigenvalue weighted by molar-refractivity contribution is 5.40. The van der Waals surface area contributed by atoms with Crippen LogP contribution in [0.3, 0.4) is 0 Å². The highest BCUT2D eigenvalue weighted by atomic mass is 16.3. The molecule has 0 saturated carbocycles. The molecular formula is C11H13N3O2. The summed E-state index contributed by atoms with van der Waals surface area (Å²) >= 11 is 0. The van der Waals surface area contributed by atoms with Crippen molar-refractivity contribution in [2.45, 2.75) is 20.0 Å². The Hall–Kier alpha value is -2.04. The molecule has 0 amide bonds. The fraction of sp³-hybridized carbons (Fsp3) is 0.273. The molecule has 2 heterocycles. The molecule has 5 nitrogen and oxygen atoms in total. The van der Waals surface area contributed by atoms with Gasteiger partial charge in [-0.05, 0) is 13.0 Å². The van der Waals surface area contributed by atoms with Crippen LogP contribution in [0.1, 0.15) is 12.7 Å². The molecule has 0 aliphatic heterocycles. The van der Waals surface area contributed by atoms with Crippen molar-refractivity contribution in [3.05, 3.63) is 47.0 Å². The second kappa shape index (κ2) is 4.65. The first-order chi connectivity index (χ1) is 7.79. The van der Waals surface area contributed by atoms with Gasteiger partial charge < -0.3 is 14.3 Å². The molecule has 0 aliphatic carbocycles. The van der Waals surface area contributed by atoms with Crippen molar-refractivity contribution in [1.82, 2.24) is 9.55 Å². The molecule has 0 atom stereocenters. The van der Waals surface area contributed by atoms with Gasteiger partial charge in [0.15, 0.2) is 6.39 Å². The van der Waals surface area contributed by atoms with Gasteiger partial charge in [-0.3, -0.25) is 4.79 Å². The Kier molecular flexibility index (Phi) is 3.05. The van der Waals surface area contributed by atoms with Gasteiger partial charge in [0.25, 0.3) is 5.56 Å². The first-order valence-corrected chi connectivity index (χ1v) is 5.11. The fourth-order valence-corrected chi connectivity index (χ4v) is 1.40. The van der Waals surface area contributed by atoms with E-state index in [0.29, 0.717) is 13.1 Å². The van der Waals surface area contributed by atoms with Crippen LogP contribution in [0.15, 0.2) is 40.1 Å². The number of pyridine rings is 1. The van der Waals surface area contributed by atoms with Crippen molar-refractivity contribution in [2.24, 2.45) is 0 Å². The van der Waals surface area contributed by atoms with Crippen LogP contribution in [0.4, 0.5) is 5.69 Å². The lowest BCUT2D eigenvalue weighted by molar-refractivity contribution is 0.511. The Morgan fingerprint density at radius 1 is 1.50 bits per heavy atom. The molecule has 0 spiro atoms. The first-order valence-electron chi connectivity index (χ1n) is 5.11. The van der Waals surface area contributed by atoms with Crippen LogP contribution in [-0.4, -0.2) is 9.55 Å². The van der Waals surface area contributed by atoms with E-state index in [1.807, 2.05) is 6.92 Å². The minimum atomic E-state index is 0.00714. The van der Waals surface area contributed by atoms with Crippen LogP contribution in [-0.2, 0) is 13.1 Å². The maximum atomic E-state index is 11.3. The molecule has 0 unspecified atom stereocenters. The summed E-state index contributed by atoms with van der Waals surface area (Å²) in [4.78, 5) is 15.2. The summed E-state index contributed by atoms with van der Waals surface area (Å²) in [7, 11) is 0. The van der Waals surface area contributed by atoms with Gasteiger partial charge in [-0.1, -0.05) is 0 Å². The molecule has 16 heavy (non-hydrogen) atoms. The van der Waals surface area contributed by atoms with Gasteiger partial charge >= 0.3 is 0 Å². The van der Waals surface area contributed by atoms with Crippen LogP contribution in [0, 0.1) is 0 Å². The number of rotatable bonds is 4. The minimum absolute atomic E-state index is 0.00714. The van der Waals surface area contributed by atoms with Crippen molar-refractivity contribution >= 4 is 5.69 Å². The zero-order chi connectivity index (χ0) is 11.4. The monoisotopic (exact) mass is 219 g/mol. The Balaban J connectivity index is 2.07. The van der Waals surface area contributed by atoms with Gasteiger partial charge in [0.1, 0.15) is 5.76 Å². The largest absolute Gasteiger partial charge is 0.447 e. The smallest absolute Gasteiger partial charge is 0.250 e. The summed E-state index contributed by atoms with van der Waals surface area (Å²) < 4.78 is 6.73. The topological polar surface area (TPSA) is 60.1 Å². The third-order valence-corrected chi connectivity index (χ3v) is 2.27. The molecule has 0 aromatic carbocycles. The van der Waals surface area contributed by atoms with Gasteiger partial charge in [-0.15, -0.1) is 0 Å². The zero-order valence-corrected chi connectivity index (χ0v) is 9.01. The van der Waals surface area contributed by atoms with Crippen LogP contribution in [0.2, 0.25) is 0 Å². The lowest BCUT2D eigenvalue weighted by Crippen LogP contribution is -2.17. The number of oxazole rings is 1. The fourth-order valence-electron chi connectivity index (χ4n) is 1.40. The Labute approximate surface area is 92.7 Å². The van der Waals surface area contributed by atoms with Gasteiger partial charge in [-0.2, -0.15) is 0 Å². The van der Waals surface area contributed by atoms with E-state index in [9.17, 15) is 4.79 Å². The van der Waals surface area contributed by atoms with Crippen molar-refractivity contribution in [2.75, 3.05) is 5.32 Å². The highest BCUT2D eigenvalue weighted by Gasteiger charge is 1.99. The Morgan fingerprint density at radius 3 is 3.06 bits per heavy atom. The summed E-state index contributed by atoms with van der Waals surface area (Å²) in [5.41, 5.74) is 0.894. The number of hydrogen-bond donors (Lipinski definition) is 1. The van der Waals surface area contributed by atoms with Crippen LogP contribution < -0.4 is 10.9 Å². The van der Waals surface area contributed by atoms with Gasteiger partial charge in [-0.25, -0.2) is 4.98 Å². The molecule has 0 bridgehead atoms. The highest BCUT2D eigenvalue weighted by Crippen LogP contribution is 2.06. The second-order valence-electron chi connectivity index (χ2n) is 3.36. The quantitative estimate of drug-likeness (QED) is 0.845. The van der Waals surface area contributed by atoms with Gasteiger partial charge in [0.2, 0.25) is 0 Å². The first kappa shape index (κ1) is 10.5. The van der Waals surface area contributed by atoms with Crippen LogP contribution in [0.25, 0.3) is 0 Å². The second-order valence-corrected chi connectivity index (χ2v) is 3.36. The molecule has 2 rings (SSSR count). The number of hydrogen-bond acceptors (Lipinski definition) is 4. The van der Waals surface area contributed by atoms with E-state index >= 15 is 0 Å². The van der Waals surface area contributed by atoms with E-state index in [0.717, 1.165) is 11.4 Å². The zero-order valence-electron chi connectivity index (χ0n) is 9.01. The summed E-state index contributed by atoms with van der Waals surface area (Å²) in [6.45, 7) is 3.15. The normalized spacial score (nSPS) is 10.3. The van der Waals surface area contributed by atoms with Crippen LogP contribution in [0.5, 0.6) is 0 Å². The van der Waals surface area contributed by atoms with Crippen LogP contribution >= 0.6 is 0 Å². The molecule has 0 fully saturated rings. The SMILES string of the molecule is CCn1cc(NCc2cnco2)ccc1=O. The van der Waals surface area contributed by atoms with E-state index in [-0.39, 0.29) is 5.56 Å². The standard InChI is InChI=1S/C11H13N3O2/c1-2-14-7-9(3-4-11(14)15)13-6-10-5-12-8-16-10/h3-5,7-8,13H,2,6H2,1H3. The molecule has 2 aromatic rings. The van der Waals surface area contributed by atoms with Crippen molar-refractivity contribution in [3.8, 4) is 0 Å². The Morgan fingerprint density at radius 2 is 2.38 bits per heavy atom. The van der Waals surface area contributed by atoms with Crippen molar-refractivity contribution in [1.29, 1.82) is 0 Å². The van der Waals surface area contributed by atoms with Crippen molar-refractivity contribution in [3.63, 3.8) is 0 Å². The van der Waals surface area contributed by atoms with Gasteiger partial charge in [0.05, 0.1) is 18.4 Å². The lowest BCUT2D eigenvalue weighted by atomic mass is 10.4. The molecule has 0 radical (unpaired) electrons. The summed E-state index contributed by atoms with van der Waals surface area (Å²) in [5.74, 6) is 0.759. The van der Waals surface area contributed by atoms with E-state index in [4.69, 9.17) is 4.42 Å². The third-order valence-electron chi connectivity index (χ3n) is 2.27. The van der Waals surface area contributed by atoms with E-state index < -0.39 is 0 Å². The molecule has 84 valence electrons.